The molecule has 2 amide bonds. The van der Waals surface area contributed by atoms with Crippen molar-refractivity contribution in [2.45, 2.75) is 39.2 Å². The third-order valence-electron chi connectivity index (χ3n) is 7.34. The summed E-state index contributed by atoms with van der Waals surface area (Å²) in [5.74, 6) is 0.570. The lowest BCUT2D eigenvalue weighted by Crippen LogP contribution is -2.24. The van der Waals surface area contributed by atoms with E-state index in [-0.39, 0.29) is 11.0 Å². The summed E-state index contributed by atoms with van der Waals surface area (Å²) in [7, 11) is 1.69. The van der Waals surface area contributed by atoms with Gasteiger partial charge in [-0.2, -0.15) is 5.10 Å². The summed E-state index contributed by atoms with van der Waals surface area (Å²) in [6.07, 6.45) is 4.04. The fourth-order valence-corrected chi connectivity index (χ4v) is 5.09. The van der Waals surface area contributed by atoms with Crippen molar-refractivity contribution in [3.63, 3.8) is 0 Å². The molecule has 208 valence electrons. The monoisotopic (exact) mass is 548 g/mol. The molecule has 0 atom stereocenters. The molecule has 0 spiro atoms. The molecule has 3 N–H and O–H groups in total. The number of amides is 2. The molecule has 3 aromatic heterocycles. The lowest BCUT2D eigenvalue weighted by molar-refractivity contribution is 0.262. The Hall–Kier alpha value is -4.83. The molecule has 6 rings (SSSR count). The third-order valence-corrected chi connectivity index (χ3v) is 7.34. The molecule has 10 heteroatoms. The molecule has 4 heterocycles. The summed E-state index contributed by atoms with van der Waals surface area (Å²) in [6.45, 7) is 8.08. The van der Waals surface area contributed by atoms with Crippen molar-refractivity contribution < 1.29 is 4.79 Å². The van der Waals surface area contributed by atoms with Crippen molar-refractivity contribution in [2.24, 2.45) is 7.05 Å². The number of fused-ring (bicyclic) bond motifs is 2. The molecule has 1 aliphatic heterocycles. The van der Waals surface area contributed by atoms with Gasteiger partial charge in [0.1, 0.15) is 17.8 Å². The van der Waals surface area contributed by atoms with Gasteiger partial charge in [0, 0.05) is 47.9 Å². The predicted molar refractivity (Wildman–Crippen MR) is 161 cm³/mol. The molecule has 0 aliphatic carbocycles. The van der Waals surface area contributed by atoms with Crippen molar-refractivity contribution in [3.8, 4) is 16.8 Å². The van der Waals surface area contributed by atoms with Crippen LogP contribution >= 0.6 is 0 Å². The smallest absolute Gasteiger partial charge is 0.312 e. The highest BCUT2D eigenvalue weighted by Crippen LogP contribution is 2.28. The zero-order valence-corrected chi connectivity index (χ0v) is 23.5. The first-order valence-corrected chi connectivity index (χ1v) is 13.6. The largest absolute Gasteiger partial charge is 0.324 e. The minimum absolute atomic E-state index is 0.183. The summed E-state index contributed by atoms with van der Waals surface area (Å²) in [5, 5.41) is 14.9. The molecule has 0 radical (unpaired) electrons. The van der Waals surface area contributed by atoms with Gasteiger partial charge in [-0.15, -0.1) is 0 Å². The number of urea groups is 1. The maximum Gasteiger partial charge on any atom is 0.324 e. The van der Waals surface area contributed by atoms with E-state index in [0.29, 0.717) is 28.3 Å². The summed E-state index contributed by atoms with van der Waals surface area (Å²) in [4.78, 5) is 34.6. The van der Waals surface area contributed by atoms with E-state index in [4.69, 9.17) is 5.10 Å². The maximum atomic E-state index is 13.2. The van der Waals surface area contributed by atoms with Crippen LogP contribution in [-0.4, -0.2) is 36.9 Å². The first-order valence-electron chi connectivity index (χ1n) is 13.6. The SMILES string of the molecule is Cn1c(=O)c(-c2cccc(NC(=O)Nc3cc(C(C)(C)C)nn3-c3ccc4c(c3)CCNC4)c2)cc2cncnc21. The summed E-state index contributed by atoms with van der Waals surface area (Å²) < 4.78 is 3.30. The molecule has 10 nitrogen and oxygen atoms in total. The van der Waals surface area contributed by atoms with Crippen molar-refractivity contribution in [2.75, 3.05) is 17.2 Å². The minimum atomic E-state index is -0.411. The van der Waals surface area contributed by atoms with Gasteiger partial charge in [0.25, 0.3) is 5.56 Å². The Balaban J connectivity index is 1.29. The number of rotatable bonds is 4. The number of anilines is 2. The van der Waals surface area contributed by atoms with E-state index in [9.17, 15) is 9.59 Å². The van der Waals surface area contributed by atoms with E-state index >= 15 is 0 Å². The average Bonchev–Trinajstić information content (AvgIpc) is 3.39. The van der Waals surface area contributed by atoms with Gasteiger partial charge in [0.2, 0.25) is 0 Å². The summed E-state index contributed by atoms with van der Waals surface area (Å²) >= 11 is 0. The molecule has 1 aliphatic rings. The molecule has 0 fully saturated rings. The quantitative estimate of drug-likeness (QED) is 0.298. The van der Waals surface area contributed by atoms with Crippen LogP contribution in [-0.2, 0) is 25.4 Å². The zero-order chi connectivity index (χ0) is 28.7. The van der Waals surface area contributed by atoms with Gasteiger partial charge in [-0.25, -0.2) is 19.4 Å². The third kappa shape index (κ3) is 5.21. The highest BCUT2D eigenvalue weighted by Gasteiger charge is 2.22. The van der Waals surface area contributed by atoms with Crippen LogP contribution in [0.2, 0.25) is 0 Å². The average molecular weight is 549 g/mol. The van der Waals surface area contributed by atoms with Crippen LogP contribution < -0.4 is 21.5 Å². The number of aromatic nitrogens is 5. The van der Waals surface area contributed by atoms with Crippen LogP contribution in [0.25, 0.3) is 27.8 Å². The molecule has 41 heavy (non-hydrogen) atoms. The molecule has 0 unspecified atom stereocenters. The van der Waals surface area contributed by atoms with Gasteiger partial charge >= 0.3 is 6.03 Å². The Bertz CT molecular complexity index is 1850. The molecular formula is C31H32N8O2. The van der Waals surface area contributed by atoms with E-state index < -0.39 is 6.03 Å². The fraction of sp³-hybridized carbons (Fsp3) is 0.258. The Kier molecular flexibility index (Phi) is 6.63. The van der Waals surface area contributed by atoms with Crippen LogP contribution in [0.1, 0.15) is 37.6 Å². The van der Waals surface area contributed by atoms with E-state index in [0.717, 1.165) is 36.3 Å². The zero-order valence-electron chi connectivity index (χ0n) is 23.5. The number of nitrogens with zero attached hydrogens (tertiary/aromatic N) is 5. The van der Waals surface area contributed by atoms with Crippen molar-refractivity contribution >= 4 is 28.6 Å². The summed E-state index contributed by atoms with van der Waals surface area (Å²) in [6, 6.07) is 16.8. The molecule has 0 saturated carbocycles. The van der Waals surface area contributed by atoms with Gasteiger partial charge in [0.15, 0.2) is 0 Å². The van der Waals surface area contributed by atoms with E-state index in [1.807, 2.05) is 18.2 Å². The number of carbonyl (C=O) groups is 1. The molecule has 0 bridgehead atoms. The first-order chi connectivity index (χ1) is 19.7. The normalized spacial score (nSPS) is 13.2. The van der Waals surface area contributed by atoms with E-state index in [1.165, 1.54) is 22.0 Å². The van der Waals surface area contributed by atoms with Crippen LogP contribution in [0.3, 0.4) is 0 Å². The molecule has 0 saturated heterocycles. The molecular weight excluding hydrogens is 516 g/mol. The minimum Gasteiger partial charge on any atom is -0.312 e. The maximum absolute atomic E-state index is 13.2. The second-order valence-electron chi connectivity index (χ2n) is 11.3. The van der Waals surface area contributed by atoms with Crippen LogP contribution in [0.15, 0.2) is 71.9 Å². The second-order valence-corrected chi connectivity index (χ2v) is 11.3. The lowest BCUT2D eigenvalue weighted by Gasteiger charge is -2.18. The van der Waals surface area contributed by atoms with Gasteiger partial charge in [-0.1, -0.05) is 39.0 Å². The number of nitrogens with one attached hydrogen (secondary N) is 3. The van der Waals surface area contributed by atoms with Gasteiger partial charge in [-0.3, -0.25) is 14.7 Å². The number of pyridine rings is 1. The highest BCUT2D eigenvalue weighted by molar-refractivity contribution is 6.00. The Morgan fingerprint density at radius 1 is 1.02 bits per heavy atom. The van der Waals surface area contributed by atoms with Crippen LogP contribution in [0.4, 0.5) is 16.3 Å². The lowest BCUT2D eigenvalue weighted by atomic mass is 9.92. The fourth-order valence-electron chi connectivity index (χ4n) is 5.09. The standard InChI is InChI=1S/C31H32N8O2/c1-31(2,3)26-15-27(39(37-26)24-9-8-21-16-32-11-10-19(21)13-24)36-30(41)35-23-7-5-6-20(12-23)25-14-22-17-33-18-34-28(22)38(4)29(25)40/h5-9,12-15,17-18,32H,10-11,16H2,1-4H3,(H2,35,36,41). The number of benzene rings is 2. The Morgan fingerprint density at radius 2 is 1.88 bits per heavy atom. The topological polar surface area (TPSA) is 119 Å². The van der Waals surface area contributed by atoms with Gasteiger partial charge in [0.05, 0.1) is 11.4 Å². The van der Waals surface area contributed by atoms with Crippen molar-refractivity contribution in [3.05, 3.63) is 94.3 Å². The Morgan fingerprint density at radius 3 is 2.71 bits per heavy atom. The van der Waals surface area contributed by atoms with E-state index in [2.05, 4.69) is 58.8 Å². The van der Waals surface area contributed by atoms with Crippen LogP contribution in [0, 0.1) is 0 Å². The van der Waals surface area contributed by atoms with E-state index in [1.54, 1.807) is 42.2 Å². The number of carbonyl (C=O) groups excluding carboxylic acids is 1. The van der Waals surface area contributed by atoms with Crippen LogP contribution in [0.5, 0.6) is 0 Å². The van der Waals surface area contributed by atoms with Crippen molar-refractivity contribution in [1.29, 1.82) is 0 Å². The Labute approximate surface area is 237 Å². The highest BCUT2D eigenvalue weighted by atomic mass is 16.2. The number of aryl methyl sites for hydroxylation is 1. The number of hydrogen-bond donors (Lipinski definition) is 3. The van der Waals surface area contributed by atoms with Gasteiger partial charge < -0.3 is 10.6 Å². The first kappa shape index (κ1) is 26.4. The summed E-state index contributed by atoms with van der Waals surface area (Å²) in [5.41, 5.74) is 6.22. The molecule has 2 aromatic carbocycles. The molecule has 5 aromatic rings. The second kappa shape index (κ2) is 10.3. The predicted octanol–water partition coefficient (Wildman–Crippen LogP) is 4.77. The van der Waals surface area contributed by atoms with Gasteiger partial charge in [-0.05, 0) is 60.0 Å². The van der Waals surface area contributed by atoms with Crippen molar-refractivity contribution in [1.82, 2.24) is 29.6 Å². The number of hydrogen-bond acceptors (Lipinski definition) is 6.